The van der Waals surface area contributed by atoms with Gasteiger partial charge >= 0.3 is 5.97 Å². The molecule has 11 heteroatoms. The summed E-state index contributed by atoms with van der Waals surface area (Å²) in [6.45, 7) is 2.54. The maximum absolute atomic E-state index is 12.6. The molecule has 0 fully saturated rings. The van der Waals surface area contributed by atoms with Crippen LogP contribution in [0.1, 0.15) is 25.8 Å². The summed E-state index contributed by atoms with van der Waals surface area (Å²) < 4.78 is 0. The molecule has 11 nitrogen and oxygen atoms in total. The van der Waals surface area contributed by atoms with E-state index in [0.717, 1.165) is 16.5 Å². The van der Waals surface area contributed by atoms with E-state index in [0.29, 0.717) is 6.42 Å². The van der Waals surface area contributed by atoms with Gasteiger partial charge in [-0.15, -0.1) is 0 Å². The van der Waals surface area contributed by atoms with E-state index >= 15 is 0 Å². The van der Waals surface area contributed by atoms with Crippen LogP contribution in [0.5, 0.6) is 0 Å². The Labute approximate surface area is 191 Å². The minimum Gasteiger partial charge on any atom is -0.480 e. The standard InChI is InChI=1S/C22H31N5O6/c1-3-12(2)19(27-20(30)15(23)11-28)21(31)25-10-18(29)26-17(22(32)33)8-13-9-24-16-7-5-4-6-14(13)16/h4-7,9,12,15,17,19,24,28H,3,8,10-11,23H2,1-2H3,(H,25,31)(H,26,29)(H,27,30)(H,32,33). The first-order valence-corrected chi connectivity index (χ1v) is 10.7. The van der Waals surface area contributed by atoms with Crippen LogP contribution in [0.15, 0.2) is 30.5 Å². The third kappa shape index (κ3) is 7.02. The largest absolute Gasteiger partial charge is 0.480 e. The average Bonchev–Trinajstić information content (AvgIpc) is 3.22. The molecule has 0 aliphatic carbocycles. The molecule has 0 spiro atoms. The molecule has 180 valence electrons. The van der Waals surface area contributed by atoms with E-state index in [1.165, 1.54) is 0 Å². The van der Waals surface area contributed by atoms with Gasteiger partial charge in [0, 0.05) is 23.5 Å². The number of aromatic amines is 1. The second kappa shape index (κ2) is 12.0. The molecule has 1 aromatic heterocycles. The van der Waals surface area contributed by atoms with E-state index in [-0.39, 0.29) is 12.3 Å². The number of nitrogens with two attached hydrogens (primary N) is 1. The van der Waals surface area contributed by atoms with Crippen molar-refractivity contribution in [1.29, 1.82) is 0 Å². The van der Waals surface area contributed by atoms with Gasteiger partial charge in [-0.05, 0) is 17.5 Å². The predicted molar refractivity (Wildman–Crippen MR) is 121 cm³/mol. The summed E-state index contributed by atoms with van der Waals surface area (Å²) in [4.78, 5) is 51.7. The van der Waals surface area contributed by atoms with Crippen molar-refractivity contribution in [2.75, 3.05) is 13.2 Å². The van der Waals surface area contributed by atoms with Gasteiger partial charge in [0.15, 0.2) is 0 Å². The molecule has 2 rings (SSSR count). The molecule has 2 aromatic rings. The van der Waals surface area contributed by atoms with E-state index in [9.17, 15) is 24.3 Å². The lowest BCUT2D eigenvalue weighted by molar-refractivity contribution is -0.141. The number of rotatable bonds is 12. The Morgan fingerprint density at radius 3 is 2.45 bits per heavy atom. The Hall–Kier alpha value is -3.44. The zero-order valence-electron chi connectivity index (χ0n) is 18.6. The van der Waals surface area contributed by atoms with Crippen molar-refractivity contribution in [1.82, 2.24) is 20.9 Å². The Morgan fingerprint density at radius 2 is 1.82 bits per heavy atom. The van der Waals surface area contributed by atoms with Crippen LogP contribution in [-0.2, 0) is 25.6 Å². The highest BCUT2D eigenvalue weighted by Gasteiger charge is 2.28. The van der Waals surface area contributed by atoms with Crippen molar-refractivity contribution in [3.63, 3.8) is 0 Å². The fourth-order valence-electron chi connectivity index (χ4n) is 3.29. The van der Waals surface area contributed by atoms with Gasteiger partial charge in [-0.3, -0.25) is 14.4 Å². The third-order valence-corrected chi connectivity index (χ3v) is 5.48. The number of aliphatic hydroxyl groups is 1. The molecule has 3 amide bonds. The van der Waals surface area contributed by atoms with Crippen LogP contribution in [0.4, 0.5) is 0 Å². The SMILES string of the molecule is CCC(C)C(NC(=O)C(N)CO)C(=O)NCC(=O)NC(Cc1c[nH]c2ccccc12)C(=O)O. The number of H-pyrrole nitrogens is 1. The fourth-order valence-corrected chi connectivity index (χ4v) is 3.29. The van der Waals surface area contributed by atoms with Gasteiger partial charge in [-0.2, -0.15) is 0 Å². The molecule has 0 saturated carbocycles. The Balaban J connectivity index is 1.98. The zero-order chi connectivity index (χ0) is 24.5. The van der Waals surface area contributed by atoms with Gasteiger partial charge in [0.05, 0.1) is 13.2 Å². The van der Waals surface area contributed by atoms with E-state index < -0.39 is 55.0 Å². The normalized spacial score (nSPS) is 14.7. The number of carboxylic acid groups (broad SMARTS) is 1. The summed E-state index contributed by atoms with van der Waals surface area (Å²) in [5.74, 6) is -3.45. The number of aromatic nitrogens is 1. The Kier molecular flexibility index (Phi) is 9.37. The van der Waals surface area contributed by atoms with Crippen LogP contribution in [-0.4, -0.2) is 70.2 Å². The average molecular weight is 462 g/mol. The second-order valence-corrected chi connectivity index (χ2v) is 7.90. The fraction of sp³-hybridized carbons (Fsp3) is 0.455. The first-order valence-electron chi connectivity index (χ1n) is 10.7. The van der Waals surface area contributed by atoms with Crippen LogP contribution >= 0.6 is 0 Å². The van der Waals surface area contributed by atoms with Gasteiger partial charge in [0.1, 0.15) is 18.1 Å². The zero-order valence-corrected chi connectivity index (χ0v) is 18.6. The summed E-state index contributed by atoms with van der Waals surface area (Å²) in [6, 6.07) is 4.08. The number of aliphatic carboxylic acids is 1. The maximum atomic E-state index is 12.6. The van der Waals surface area contributed by atoms with Gasteiger partial charge in [0.2, 0.25) is 17.7 Å². The molecular weight excluding hydrogens is 430 g/mol. The van der Waals surface area contributed by atoms with Gasteiger partial charge in [0.25, 0.3) is 0 Å². The first-order chi connectivity index (χ1) is 15.7. The lowest BCUT2D eigenvalue weighted by atomic mass is 9.98. The highest BCUT2D eigenvalue weighted by molar-refractivity contribution is 5.93. The molecular formula is C22H31N5O6. The topological polar surface area (TPSA) is 187 Å². The third-order valence-electron chi connectivity index (χ3n) is 5.48. The molecule has 0 saturated heterocycles. The van der Waals surface area contributed by atoms with Gasteiger partial charge in [-0.1, -0.05) is 38.5 Å². The van der Waals surface area contributed by atoms with Crippen LogP contribution < -0.4 is 21.7 Å². The first kappa shape index (κ1) is 25.8. The van der Waals surface area contributed by atoms with Crippen LogP contribution in [0.3, 0.4) is 0 Å². The van der Waals surface area contributed by atoms with Crippen LogP contribution in [0.25, 0.3) is 10.9 Å². The molecule has 0 bridgehead atoms. The van der Waals surface area contributed by atoms with Crippen molar-refractivity contribution in [2.24, 2.45) is 11.7 Å². The molecule has 4 unspecified atom stereocenters. The molecule has 4 atom stereocenters. The number of fused-ring (bicyclic) bond motifs is 1. The highest BCUT2D eigenvalue weighted by atomic mass is 16.4. The number of benzene rings is 1. The Bertz CT molecular complexity index is 991. The lowest BCUT2D eigenvalue weighted by Gasteiger charge is -2.24. The number of para-hydroxylation sites is 1. The highest BCUT2D eigenvalue weighted by Crippen LogP contribution is 2.19. The number of carboxylic acids is 1. The van der Waals surface area contributed by atoms with Crippen molar-refractivity contribution >= 4 is 34.6 Å². The van der Waals surface area contributed by atoms with Crippen LogP contribution in [0, 0.1) is 5.92 Å². The van der Waals surface area contributed by atoms with Crippen LogP contribution in [0.2, 0.25) is 0 Å². The number of amides is 3. The number of carbonyl (C=O) groups is 4. The molecule has 1 aromatic carbocycles. The van der Waals surface area contributed by atoms with Crippen molar-refractivity contribution in [3.8, 4) is 0 Å². The minimum absolute atomic E-state index is 0.0592. The number of hydrogen-bond acceptors (Lipinski definition) is 6. The van der Waals surface area contributed by atoms with E-state index in [1.54, 1.807) is 13.1 Å². The molecule has 8 N–H and O–H groups in total. The number of hydrogen-bond donors (Lipinski definition) is 7. The summed E-state index contributed by atoms with van der Waals surface area (Å²) in [6.07, 6.45) is 2.32. The van der Waals surface area contributed by atoms with E-state index in [2.05, 4.69) is 20.9 Å². The smallest absolute Gasteiger partial charge is 0.326 e. The van der Waals surface area contributed by atoms with Crippen molar-refractivity contribution in [2.45, 2.75) is 44.8 Å². The van der Waals surface area contributed by atoms with Crippen molar-refractivity contribution in [3.05, 3.63) is 36.0 Å². The Morgan fingerprint density at radius 1 is 1.12 bits per heavy atom. The van der Waals surface area contributed by atoms with Gasteiger partial charge in [-0.25, -0.2) is 4.79 Å². The summed E-state index contributed by atoms with van der Waals surface area (Å²) >= 11 is 0. The summed E-state index contributed by atoms with van der Waals surface area (Å²) in [5, 5.41) is 26.7. The summed E-state index contributed by atoms with van der Waals surface area (Å²) in [7, 11) is 0. The predicted octanol–water partition coefficient (Wildman–Crippen LogP) is -0.753. The van der Waals surface area contributed by atoms with Gasteiger partial charge < -0.3 is 36.9 Å². The van der Waals surface area contributed by atoms with E-state index in [4.69, 9.17) is 10.8 Å². The second-order valence-electron chi connectivity index (χ2n) is 7.90. The number of nitrogens with one attached hydrogen (secondary N) is 4. The van der Waals surface area contributed by atoms with Crippen molar-refractivity contribution < 1.29 is 29.4 Å². The molecule has 1 heterocycles. The maximum Gasteiger partial charge on any atom is 0.326 e. The number of aliphatic hydroxyl groups excluding tert-OH is 1. The minimum atomic E-state index is -1.21. The molecule has 0 aliphatic heterocycles. The van der Waals surface area contributed by atoms with E-state index in [1.807, 2.05) is 31.2 Å². The summed E-state index contributed by atoms with van der Waals surface area (Å²) in [5.41, 5.74) is 7.08. The molecule has 0 aliphatic rings. The molecule has 33 heavy (non-hydrogen) atoms. The molecule has 0 radical (unpaired) electrons. The lowest BCUT2D eigenvalue weighted by Crippen LogP contribution is -2.56. The monoisotopic (exact) mass is 461 g/mol. The number of carbonyl (C=O) groups excluding carboxylic acids is 3. The quantitative estimate of drug-likeness (QED) is 0.216.